The predicted octanol–water partition coefficient (Wildman–Crippen LogP) is 4.21. The molecule has 0 atom stereocenters. The molecule has 3 N–H and O–H groups in total. The number of hydrogen-bond donors (Lipinski definition) is 2. The summed E-state index contributed by atoms with van der Waals surface area (Å²) in [5, 5.41) is 9.32. The van der Waals surface area contributed by atoms with Crippen LogP contribution in [-0.2, 0) is 6.61 Å². The molecule has 3 rings (SSSR count). The number of carboxylic acids is 1. The van der Waals surface area contributed by atoms with E-state index in [-0.39, 0.29) is 5.56 Å². The molecule has 0 fully saturated rings. The SMILES string of the molecule is Nc1ccc(C(=O)O)c(-c2ccc(OCc3ccccc3)cc2)c1. The summed E-state index contributed by atoms with van der Waals surface area (Å²) in [6, 6.07) is 22.0. The van der Waals surface area contributed by atoms with E-state index in [0.717, 1.165) is 16.9 Å². The Balaban J connectivity index is 1.80. The molecule has 120 valence electrons. The van der Waals surface area contributed by atoms with Crippen LogP contribution in [0, 0.1) is 0 Å². The largest absolute Gasteiger partial charge is 0.489 e. The molecule has 24 heavy (non-hydrogen) atoms. The van der Waals surface area contributed by atoms with Gasteiger partial charge in [-0.05, 0) is 47.0 Å². The molecule has 0 aromatic heterocycles. The highest BCUT2D eigenvalue weighted by Crippen LogP contribution is 2.28. The smallest absolute Gasteiger partial charge is 0.336 e. The topological polar surface area (TPSA) is 72.6 Å². The van der Waals surface area contributed by atoms with E-state index in [1.54, 1.807) is 12.1 Å². The number of rotatable bonds is 5. The minimum Gasteiger partial charge on any atom is -0.489 e. The van der Waals surface area contributed by atoms with Crippen LogP contribution < -0.4 is 10.5 Å². The van der Waals surface area contributed by atoms with Crippen LogP contribution in [0.5, 0.6) is 5.75 Å². The standard InChI is InChI=1S/C20H17NO3/c21-16-8-11-18(20(22)23)19(12-16)15-6-9-17(10-7-15)24-13-14-4-2-1-3-5-14/h1-12H,13,21H2,(H,22,23). The summed E-state index contributed by atoms with van der Waals surface area (Å²) >= 11 is 0. The van der Waals surface area contributed by atoms with Crippen molar-refractivity contribution in [1.29, 1.82) is 0 Å². The van der Waals surface area contributed by atoms with Crippen molar-refractivity contribution in [3.63, 3.8) is 0 Å². The van der Waals surface area contributed by atoms with Gasteiger partial charge in [-0.1, -0.05) is 42.5 Å². The van der Waals surface area contributed by atoms with Gasteiger partial charge in [0.2, 0.25) is 0 Å². The predicted molar refractivity (Wildman–Crippen MR) is 94.0 cm³/mol. The van der Waals surface area contributed by atoms with E-state index < -0.39 is 5.97 Å². The number of benzene rings is 3. The van der Waals surface area contributed by atoms with Gasteiger partial charge in [0, 0.05) is 5.69 Å². The van der Waals surface area contributed by atoms with Crippen molar-refractivity contribution in [3.8, 4) is 16.9 Å². The number of ether oxygens (including phenoxy) is 1. The average Bonchev–Trinajstić information content (AvgIpc) is 2.61. The van der Waals surface area contributed by atoms with E-state index in [4.69, 9.17) is 10.5 Å². The number of carboxylic acid groups (broad SMARTS) is 1. The van der Waals surface area contributed by atoms with Crippen LogP contribution in [-0.4, -0.2) is 11.1 Å². The second-order valence-corrected chi connectivity index (χ2v) is 5.41. The van der Waals surface area contributed by atoms with Crippen molar-refractivity contribution in [1.82, 2.24) is 0 Å². The maximum atomic E-state index is 11.4. The van der Waals surface area contributed by atoms with Gasteiger partial charge >= 0.3 is 5.97 Å². The normalized spacial score (nSPS) is 10.3. The van der Waals surface area contributed by atoms with Gasteiger partial charge in [-0.2, -0.15) is 0 Å². The molecular formula is C20H17NO3. The first-order chi connectivity index (χ1) is 11.6. The van der Waals surface area contributed by atoms with Gasteiger partial charge in [0.05, 0.1) is 5.56 Å². The Hall–Kier alpha value is -3.27. The lowest BCUT2D eigenvalue weighted by molar-refractivity contribution is 0.0698. The molecular weight excluding hydrogens is 302 g/mol. The third kappa shape index (κ3) is 3.55. The quantitative estimate of drug-likeness (QED) is 0.691. The van der Waals surface area contributed by atoms with Crippen molar-refractivity contribution in [2.75, 3.05) is 5.73 Å². The fraction of sp³-hybridized carbons (Fsp3) is 0.0500. The molecule has 3 aromatic rings. The Kier molecular flexibility index (Phi) is 4.47. The summed E-state index contributed by atoms with van der Waals surface area (Å²) in [7, 11) is 0. The fourth-order valence-corrected chi connectivity index (χ4v) is 2.46. The molecule has 0 radical (unpaired) electrons. The van der Waals surface area contributed by atoms with Crippen molar-refractivity contribution in [2.24, 2.45) is 0 Å². The summed E-state index contributed by atoms with van der Waals surface area (Å²) in [5.74, 6) is -0.252. The molecule has 0 amide bonds. The minimum absolute atomic E-state index is 0.224. The Labute approximate surface area is 140 Å². The molecule has 0 aliphatic rings. The molecule has 4 nitrogen and oxygen atoms in total. The Morgan fingerprint density at radius 2 is 1.67 bits per heavy atom. The second-order valence-electron chi connectivity index (χ2n) is 5.41. The minimum atomic E-state index is -0.977. The van der Waals surface area contributed by atoms with Crippen LogP contribution in [0.25, 0.3) is 11.1 Å². The molecule has 0 unspecified atom stereocenters. The van der Waals surface area contributed by atoms with Crippen molar-refractivity contribution in [3.05, 3.63) is 83.9 Å². The molecule has 3 aromatic carbocycles. The van der Waals surface area contributed by atoms with E-state index >= 15 is 0 Å². The molecule has 0 heterocycles. The van der Waals surface area contributed by atoms with Crippen molar-refractivity contribution < 1.29 is 14.6 Å². The lowest BCUT2D eigenvalue weighted by Gasteiger charge is -2.10. The van der Waals surface area contributed by atoms with Crippen LogP contribution >= 0.6 is 0 Å². The first kappa shape index (κ1) is 15.6. The molecule has 0 saturated heterocycles. The Bertz CT molecular complexity index is 843. The summed E-state index contributed by atoms with van der Waals surface area (Å²) in [4.78, 5) is 11.4. The first-order valence-corrected chi connectivity index (χ1v) is 7.53. The maximum absolute atomic E-state index is 11.4. The Morgan fingerprint density at radius 3 is 2.33 bits per heavy atom. The summed E-state index contributed by atoms with van der Waals surface area (Å²) < 4.78 is 5.74. The third-order valence-electron chi connectivity index (χ3n) is 3.69. The van der Waals surface area contributed by atoms with E-state index in [0.29, 0.717) is 17.9 Å². The van der Waals surface area contributed by atoms with Crippen LogP contribution in [0.1, 0.15) is 15.9 Å². The number of anilines is 1. The number of nitrogen functional groups attached to an aromatic ring is 1. The first-order valence-electron chi connectivity index (χ1n) is 7.53. The van der Waals surface area contributed by atoms with Gasteiger partial charge in [0.25, 0.3) is 0 Å². The van der Waals surface area contributed by atoms with Gasteiger partial charge in [0.1, 0.15) is 12.4 Å². The van der Waals surface area contributed by atoms with Crippen molar-refractivity contribution in [2.45, 2.75) is 6.61 Å². The zero-order valence-corrected chi connectivity index (χ0v) is 13.0. The van der Waals surface area contributed by atoms with Gasteiger partial charge in [-0.25, -0.2) is 4.79 Å². The zero-order valence-electron chi connectivity index (χ0n) is 13.0. The molecule has 0 aliphatic heterocycles. The highest BCUT2D eigenvalue weighted by Gasteiger charge is 2.12. The number of hydrogen-bond acceptors (Lipinski definition) is 3. The van der Waals surface area contributed by atoms with E-state index in [2.05, 4.69) is 0 Å². The average molecular weight is 319 g/mol. The highest BCUT2D eigenvalue weighted by molar-refractivity contribution is 5.96. The third-order valence-corrected chi connectivity index (χ3v) is 3.69. The van der Waals surface area contributed by atoms with Crippen LogP contribution in [0.15, 0.2) is 72.8 Å². The summed E-state index contributed by atoms with van der Waals surface area (Å²) in [5.41, 5.74) is 9.01. The van der Waals surface area contributed by atoms with Gasteiger partial charge in [-0.3, -0.25) is 0 Å². The molecule has 0 saturated carbocycles. The van der Waals surface area contributed by atoms with Crippen molar-refractivity contribution >= 4 is 11.7 Å². The van der Waals surface area contributed by atoms with Gasteiger partial charge in [-0.15, -0.1) is 0 Å². The second kappa shape index (κ2) is 6.87. The summed E-state index contributed by atoms with van der Waals surface area (Å²) in [6.45, 7) is 0.485. The molecule has 0 aliphatic carbocycles. The Morgan fingerprint density at radius 1 is 0.958 bits per heavy atom. The monoisotopic (exact) mass is 319 g/mol. The van der Waals surface area contributed by atoms with Gasteiger partial charge < -0.3 is 15.6 Å². The maximum Gasteiger partial charge on any atom is 0.336 e. The lowest BCUT2D eigenvalue weighted by atomic mass is 9.99. The zero-order chi connectivity index (χ0) is 16.9. The van der Waals surface area contributed by atoms with E-state index in [9.17, 15) is 9.90 Å². The molecule has 0 bridgehead atoms. The number of nitrogens with two attached hydrogens (primary N) is 1. The summed E-state index contributed by atoms with van der Waals surface area (Å²) in [6.07, 6.45) is 0. The number of aromatic carboxylic acids is 1. The van der Waals surface area contributed by atoms with Crippen LogP contribution in [0.2, 0.25) is 0 Å². The molecule has 4 heteroatoms. The lowest BCUT2D eigenvalue weighted by Crippen LogP contribution is -2.01. The van der Waals surface area contributed by atoms with Crippen LogP contribution in [0.4, 0.5) is 5.69 Å². The van der Waals surface area contributed by atoms with E-state index in [1.807, 2.05) is 54.6 Å². The van der Waals surface area contributed by atoms with Gasteiger partial charge in [0.15, 0.2) is 0 Å². The van der Waals surface area contributed by atoms with Crippen LogP contribution in [0.3, 0.4) is 0 Å². The fourth-order valence-electron chi connectivity index (χ4n) is 2.46. The highest BCUT2D eigenvalue weighted by atomic mass is 16.5. The molecule has 0 spiro atoms. The number of carbonyl (C=O) groups is 1. The van der Waals surface area contributed by atoms with E-state index in [1.165, 1.54) is 6.07 Å².